The fourth-order valence-corrected chi connectivity index (χ4v) is 5.70. The maximum absolute atomic E-state index is 12.7. The average Bonchev–Trinajstić information content (AvgIpc) is 3.53. The Morgan fingerprint density at radius 2 is 2.03 bits per heavy atom. The van der Waals surface area contributed by atoms with Crippen LogP contribution in [0.25, 0.3) is 0 Å². The van der Waals surface area contributed by atoms with Gasteiger partial charge >= 0.3 is 0 Å². The number of halogens is 1. The molecule has 174 valence electrons. The molecule has 0 bridgehead atoms. The monoisotopic (exact) mass is 503 g/mol. The average molecular weight is 504 g/mol. The van der Waals surface area contributed by atoms with Gasteiger partial charge in [-0.1, -0.05) is 29.8 Å². The third-order valence-corrected chi connectivity index (χ3v) is 7.96. The van der Waals surface area contributed by atoms with Gasteiger partial charge in [-0.05, 0) is 36.6 Å². The zero-order valence-electron chi connectivity index (χ0n) is 18.2. The number of carbonyl (C=O) groups excluding carboxylic acids is 2. The van der Waals surface area contributed by atoms with Crippen molar-refractivity contribution in [2.75, 3.05) is 25.4 Å². The summed E-state index contributed by atoms with van der Waals surface area (Å²) in [5, 5.41) is 6.37. The highest BCUT2D eigenvalue weighted by atomic mass is 35.5. The van der Waals surface area contributed by atoms with Crippen molar-refractivity contribution in [2.45, 2.75) is 30.9 Å². The molecule has 0 atom stereocenters. The second-order valence-corrected chi connectivity index (χ2v) is 10.3. The third kappa shape index (κ3) is 6.62. The van der Waals surface area contributed by atoms with Gasteiger partial charge < -0.3 is 14.6 Å². The number of aromatic nitrogens is 1. The van der Waals surface area contributed by atoms with E-state index in [2.05, 4.69) is 10.3 Å². The number of likely N-dealkylation sites (tertiary alicyclic amines) is 1. The fourth-order valence-electron chi connectivity index (χ4n) is 3.77. The molecule has 1 aliphatic heterocycles. The molecule has 1 fully saturated rings. The van der Waals surface area contributed by atoms with Gasteiger partial charge in [0.1, 0.15) is 11.5 Å². The number of benzene rings is 1. The van der Waals surface area contributed by atoms with Crippen LogP contribution in [0.1, 0.15) is 45.6 Å². The molecule has 6 nitrogen and oxygen atoms in total. The highest BCUT2D eigenvalue weighted by Gasteiger charge is 2.26. The molecule has 0 aliphatic carbocycles. The van der Waals surface area contributed by atoms with Gasteiger partial charge in [0, 0.05) is 41.7 Å². The summed E-state index contributed by atoms with van der Waals surface area (Å²) in [5.41, 5.74) is 1.34. The van der Waals surface area contributed by atoms with Crippen LogP contribution in [0.15, 0.2) is 52.5 Å². The number of hydrogen-bond acceptors (Lipinski definition) is 6. The topological polar surface area (TPSA) is 75.4 Å². The van der Waals surface area contributed by atoms with E-state index in [1.165, 1.54) is 11.3 Å². The second-order valence-electron chi connectivity index (χ2n) is 7.88. The number of amides is 2. The minimum atomic E-state index is -0.136. The maximum Gasteiger partial charge on any atom is 0.270 e. The van der Waals surface area contributed by atoms with Crippen LogP contribution in [0.2, 0.25) is 5.02 Å². The van der Waals surface area contributed by atoms with E-state index in [0.717, 1.165) is 40.7 Å². The van der Waals surface area contributed by atoms with E-state index in [-0.39, 0.29) is 17.7 Å². The zero-order valence-corrected chi connectivity index (χ0v) is 20.6. The SMILES string of the molecule is O=C(NCCSCc1ccco1)c1csc(C2CCN(C(=O)Cc3ccccc3Cl)CC2)n1. The molecule has 0 radical (unpaired) electrons. The van der Waals surface area contributed by atoms with Crippen LogP contribution in [0.3, 0.4) is 0 Å². The number of piperidine rings is 1. The molecule has 1 saturated heterocycles. The van der Waals surface area contributed by atoms with Crippen LogP contribution in [0.5, 0.6) is 0 Å². The minimum absolute atomic E-state index is 0.102. The van der Waals surface area contributed by atoms with Crippen molar-refractivity contribution in [3.05, 3.63) is 75.1 Å². The predicted molar refractivity (Wildman–Crippen MR) is 133 cm³/mol. The van der Waals surface area contributed by atoms with Crippen LogP contribution in [0, 0.1) is 0 Å². The Labute approximate surface area is 206 Å². The minimum Gasteiger partial charge on any atom is -0.468 e. The second kappa shape index (κ2) is 11.7. The number of hydrogen-bond donors (Lipinski definition) is 1. The zero-order chi connectivity index (χ0) is 23.0. The van der Waals surface area contributed by atoms with Gasteiger partial charge in [-0.2, -0.15) is 11.8 Å². The summed E-state index contributed by atoms with van der Waals surface area (Å²) in [5.74, 6) is 2.79. The Kier molecular flexibility index (Phi) is 8.47. The molecule has 3 aromatic rings. The van der Waals surface area contributed by atoms with E-state index in [1.54, 1.807) is 18.0 Å². The summed E-state index contributed by atoms with van der Waals surface area (Å²) >= 11 is 9.44. The first kappa shape index (κ1) is 23.9. The van der Waals surface area contributed by atoms with E-state index in [9.17, 15) is 9.59 Å². The Morgan fingerprint density at radius 3 is 2.79 bits per heavy atom. The van der Waals surface area contributed by atoms with Crippen molar-refractivity contribution in [1.82, 2.24) is 15.2 Å². The lowest BCUT2D eigenvalue weighted by Gasteiger charge is -2.31. The Bertz CT molecular complexity index is 1060. The summed E-state index contributed by atoms with van der Waals surface area (Å²) < 4.78 is 5.30. The first-order valence-corrected chi connectivity index (χ1v) is 13.4. The van der Waals surface area contributed by atoms with E-state index < -0.39 is 0 Å². The number of thioether (sulfide) groups is 1. The molecule has 1 aliphatic rings. The normalized spacial score (nSPS) is 14.4. The van der Waals surface area contributed by atoms with Gasteiger partial charge in [-0.25, -0.2) is 4.98 Å². The Balaban J connectivity index is 1.19. The Morgan fingerprint density at radius 1 is 1.21 bits per heavy atom. The van der Waals surface area contributed by atoms with Crippen molar-refractivity contribution < 1.29 is 14.0 Å². The summed E-state index contributed by atoms with van der Waals surface area (Å²) in [4.78, 5) is 31.6. The number of nitrogens with one attached hydrogen (secondary N) is 1. The summed E-state index contributed by atoms with van der Waals surface area (Å²) in [7, 11) is 0. The van der Waals surface area contributed by atoms with E-state index in [0.29, 0.717) is 36.8 Å². The smallest absolute Gasteiger partial charge is 0.270 e. The maximum atomic E-state index is 12.7. The van der Waals surface area contributed by atoms with Crippen molar-refractivity contribution >= 4 is 46.5 Å². The first-order chi connectivity index (χ1) is 16.1. The number of thiazole rings is 1. The van der Waals surface area contributed by atoms with Crippen LogP contribution in [-0.2, 0) is 17.0 Å². The van der Waals surface area contributed by atoms with Gasteiger partial charge in [-0.15, -0.1) is 11.3 Å². The lowest BCUT2D eigenvalue weighted by Crippen LogP contribution is -2.38. The number of carbonyl (C=O) groups is 2. The molecule has 33 heavy (non-hydrogen) atoms. The number of rotatable bonds is 9. The standard InChI is InChI=1S/C24H26ClN3O3S2/c25-20-6-2-1-4-18(20)14-22(29)28-10-7-17(8-11-28)24-27-21(16-33-24)23(30)26-9-13-32-15-19-5-3-12-31-19/h1-6,12,16-17H,7-11,13-15H2,(H,26,30). The highest BCUT2D eigenvalue weighted by Crippen LogP contribution is 2.31. The van der Waals surface area contributed by atoms with Crippen LogP contribution in [0.4, 0.5) is 0 Å². The van der Waals surface area contributed by atoms with E-state index >= 15 is 0 Å². The predicted octanol–water partition coefficient (Wildman–Crippen LogP) is 5.00. The number of furan rings is 1. The van der Waals surface area contributed by atoms with Crippen LogP contribution in [-0.4, -0.2) is 47.1 Å². The van der Waals surface area contributed by atoms with Crippen LogP contribution < -0.4 is 5.32 Å². The summed E-state index contributed by atoms with van der Waals surface area (Å²) in [6, 6.07) is 11.3. The molecule has 0 saturated carbocycles. The lowest BCUT2D eigenvalue weighted by molar-refractivity contribution is -0.131. The molecular weight excluding hydrogens is 478 g/mol. The molecule has 9 heteroatoms. The molecule has 0 spiro atoms. The van der Waals surface area contributed by atoms with Gasteiger partial charge in [0.25, 0.3) is 5.91 Å². The first-order valence-electron chi connectivity index (χ1n) is 10.9. The quantitative estimate of drug-likeness (QED) is 0.416. The van der Waals surface area contributed by atoms with E-state index in [1.807, 2.05) is 46.7 Å². The van der Waals surface area contributed by atoms with Crippen molar-refractivity contribution in [2.24, 2.45) is 0 Å². The van der Waals surface area contributed by atoms with Crippen molar-refractivity contribution in [1.29, 1.82) is 0 Å². The molecule has 4 rings (SSSR count). The molecule has 2 amide bonds. The summed E-state index contributed by atoms with van der Waals surface area (Å²) in [6.45, 7) is 1.98. The Hall–Kier alpha value is -2.29. The van der Waals surface area contributed by atoms with Gasteiger partial charge in [-0.3, -0.25) is 9.59 Å². The molecule has 3 heterocycles. The molecule has 1 aromatic carbocycles. The molecular formula is C24H26ClN3O3S2. The van der Waals surface area contributed by atoms with E-state index in [4.69, 9.17) is 16.0 Å². The van der Waals surface area contributed by atoms with Crippen molar-refractivity contribution in [3.8, 4) is 0 Å². The number of nitrogens with zero attached hydrogens (tertiary/aromatic N) is 2. The summed E-state index contributed by atoms with van der Waals surface area (Å²) in [6.07, 6.45) is 3.70. The molecule has 2 aromatic heterocycles. The molecule has 1 N–H and O–H groups in total. The molecule has 0 unspecified atom stereocenters. The van der Waals surface area contributed by atoms with Gasteiger partial charge in [0.15, 0.2) is 0 Å². The van der Waals surface area contributed by atoms with Gasteiger partial charge in [0.05, 0.1) is 23.4 Å². The fraction of sp³-hybridized carbons (Fsp3) is 0.375. The van der Waals surface area contributed by atoms with Crippen molar-refractivity contribution in [3.63, 3.8) is 0 Å². The highest BCUT2D eigenvalue weighted by molar-refractivity contribution is 7.98. The third-order valence-electron chi connectivity index (χ3n) is 5.61. The van der Waals surface area contributed by atoms with Gasteiger partial charge in [0.2, 0.25) is 5.91 Å². The van der Waals surface area contributed by atoms with Crippen LogP contribution >= 0.6 is 34.7 Å². The largest absolute Gasteiger partial charge is 0.468 e. The lowest BCUT2D eigenvalue weighted by atomic mass is 9.97.